The van der Waals surface area contributed by atoms with Crippen LogP contribution in [0.15, 0.2) is 47.3 Å². The molecule has 0 saturated carbocycles. The van der Waals surface area contributed by atoms with E-state index in [-0.39, 0.29) is 31.2 Å². The summed E-state index contributed by atoms with van der Waals surface area (Å²) in [6, 6.07) is 12.7. The van der Waals surface area contributed by atoms with E-state index in [1.165, 1.54) is 0 Å². The van der Waals surface area contributed by atoms with Crippen molar-refractivity contribution in [2.24, 2.45) is 0 Å². The maximum atomic E-state index is 13.2. The predicted octanol–water partition coefficient (Wildman–Crippen LogP) is 1.99. The van der Waals surface area contributed by atoms with Gasteiger partial charge in [-0.3, -0.25) is 9.59 Å². The van der Waals surface area contributed by atoms with Gasteiger partial charge in [0.25, 0.3) is 5.56 Å². The number of nitrogens with one attached hydrogen (secondary N) is 1. The molecule has 9 heteroatoms. The fraction of sp³-hybridized carbons (Fsp3) is 0.318. The van der Waals surface area contributed by atoms with Crippen molar-refractivity contribution in [3.05, 3.63) is 52.8 Å². The van der Waals surface area contributed by atoms with Crippen molar-refractivity contribution in [3.8, 4) is 11.5 Å². The van der Waals surface area contributed by atoms with Gasteiger partial charge in [0.2, 0.25) is 12.7 Å². The molecule has 3 heterocycles. The number of amides is 1. The first-order valence-electron chi connectivity index (χ1n) is 10.2. The highest BCUT2D eigenvalue weighted by Crippen LogP contribution is 2.34. The summed E-state index contributed by atoms with van der Waals surface area (Å²) in [4.78, 5) is 32.4. The molecule has 31 heavy (non-hydrogen) atoms. The summed E-state index contributed by atoms with van der Waals surface area (Å²) < 4.78 is 17.7. The Labute approximate surface area is 178 Å². The van der Waals surface area contributed by atoms with Crippen molar-refractivity contribution >= 4 is 28.4 Å². The maximum absolute atomic E-state index is 13.2. The number of fused-ring (bicyclic) bond motifs is 2. The van der Waals surface area contributed by atoms with E-state index in [4.69, 9.17) is 14.2 Å². The summed E-state index contributed by atoms with van der Waals surface area (Å²) in [7, 11) is 0. The van der Waals surface area contributed by atoms with E-state index in [1.807, 2.05) is 29.2 Å². The quantitative estimate of drug-likeness (QED) is 0.672. The van der Waals surface area contributed by atoms with Gasteiger partial charge >= 0.3 is 0 Å². The molecule has 2 aliphatic heterocycles. The van der Waals surface area contributed by atoms with Crippen LogP contribution in [0.5, 0.6) is 11.5 Å². The Kier molecular flexibility index (Phi) is 5.17. The number of anilines is 2. The first-order chi connectivity index (χ1) is 15.2. The molecule has 0 spiro atoms. The molecule has 5 rings (SSSR count). The third kappa shape index (κ3) is 3.91. The minimum Gasteiger partial charge on any atom is -0.454 e. The molecule has 0 atom stereocenters. The van der Waals surface area contributed by atoms with E-state index in [9.17, 15) is 9.59 Å². The molecule has 160 valence electrons. The van der Waals surface area contributed by atoms with Crippen LogP contribution in [-0.4, -0.2) is 48.6 Å². The van der Waals surface area contributed by atoms with E-state index in [1.54, 1.807) is 22.8 Å². The molecule has 2 aromatic carbocycles. The zero-order valence-electron chi connectivity index (χ0n) is 16.9. The van der Waals surface area contributed by atoms with Crippen molar-refractivity contribution in [1.82, 2.24) is 9.55 Å². The smallest absolute Gasteiger partial charge is 0.294 e. The first kappa shape index (κ1) is 19.4. The van der Waals surface area contributed by atoms with Crippen molar-refractivity contribution in [2.75, 3.05) is 43.3 Å². The maximum Gasteiger partial charge on any atom is 0.294 e. The average molecular weight is 422 g/mol. The number of ether oxygens (including phenoxy) is 3. The Bertz CT molecular complexity index is 1190. The Hall–Kier alpha value is -3.59. The highest BCUT2D eigenvalue weighted by Gasteiger charge is 2.20. The molecule has 1 fully saturated rings. The van der Waals surface area contributed by atoms with Crippen molar-refractivity contribution in [1.29, 1.82) is 0 Å². The lowest BCUT2D eigenvalue weighted by atomic mass is 10.2. The van der Waals surface area contributed by atoms with Crippen molar-refractivity contribution in [3.63, 3.8) is 0 Å². The second kappa shape index (κ2) is 8.27. The number of nitrogens with zero attached hydrogens (tertiary/aromatic N) is 3. The zero-order chi connectivity index (χ0) is 21.2. The molecule has 1 saturated heterocycles. The lowest BCUT2D eigenvalue weighted by Crippen LogP contribution is -2.41. The summed E-state index contributed by atoms with van der Waals surface area (Å²) in [5.41, 5.74) is 1.85. The molecule has 2 aliphatic rings. The van der Waals surface area contributed by atoms with Gasteiger partial charge in [-0.2, -0.15) is 0 Å². The van der Waals surface area contributed by atoms with Gasteiger partial charge < -0.3 is 29.0 Å². The van der Waals surface area contributed by atoms with Gasteiger partial charge in [-0.05, 0) is 24.3 Å². The summed E-state index contributed by atoms with van der Waals surface area (Å²) in [5, 5.41) is 2.85. The SMILES string of the molecule is O=C(CCn1c(=O)c(N2CCOCC2)nc2ccccc21)Nc1ccc2c(c1)OCO2. The molecular formula is C22H22N4O5. The van der Waals surface area contributed by atoms with E-state index in [0.717, 1.165) is 5.52 Å². The van der Waals surface area contributed by atoms with Crippen LogP contribution in [0.4, 0.5) is 11.5 Å². The largest absolute Gasteiger partial charge is 0.454 e. The molecule has 0 radical (unpaired) electrons. The van der Waals surface area contributed by atoms with Gasteiger partial charge in [-0.25, -0.2) is 4.98 Å². The number of hydrogen-bond donors (Lipinski definition) is 1. The summed E-state index contributed by atoms with van der Waals surface area (Å²) in [5.74, 6) is 1.46. The molecule has 0 aliphatic carbocycles. The average Bonchev–Trinajstić information content (AvgIpc) is 3.26. The monoisotopic (exact) mass is 422 g/mol. The van der Waals surface area contributed by atoms with Gasteiger partial charge in [0.15, 0.2) is 17.3 Å². The zero-order valence-corrected chi connectivity index (χ0v) is 16.9. The topological polar surface area (TPSA) is 94.9 Å². The number of para-hydroxylation sites is 2. The standard InChI is InChI=1S/C22H22N4O5/c27-20(23-15-5-6-18-19(13-15)31-14-30-18)7-8-26-17-4-2-1-3-16(17)24-21(22(26)28)25-9-11-29-12-10-25/h1-6,13H,7-12,14H2,(H,23,27). The van der Waals surface area contributed by atoms with Crippen molar-refractivity contribution < 1.29 is 19.0 Å². The third-order valence-corrected chi connectivity index (χ3v) is 5.36. The van der Waals surface area contributed by atoms with Crippen LogP contribution >= 0.6 is 0 Å². The van der Waals surface area contributed by atoms with E-state index in [2.05, 4.69) is 10.3 Å². The Morgan fingerprint density at radius 1 is 1.06 bits per heavy atom. The second-order valence-electron chi connectivity index (χ2n) is 7.35. The Morgan fingerprint density at radius 2 is 1.87 bits per heavy atom. The molecule has 1 N–H and O–H groups in total. The van der Waals surface area contributed by atoms with Gasteiger partial charge in [0.1, 0.15) is 0 Å². The van der Waals surface area contributed by atoms with E-state index in [0.29, 0.717) is 54.8 Å². The highest BCUT2D eigenvalue weighted by molar-refractivity contribution is 5.91. The van der Waals surface area contributed by atoms with Crippen LogP contribution in [0.25, 0.3) is 11.0 Å². The van der Waals surface area contributed by atoms with Gasteiger partial charge in [0.05, 0.1) is 24.2 Å². The van der Waals surface area contributed by atoms with Crippen LogP contribution < -0.4 is 25.2 Å². The number of carbonyl (C=O) groups excluding carboxylic acids is 1. The number of rotatable bonds is 5. The van der Waals surface area contributed by atoms with Crippen LogP contribution in [0.3, 0.4) is 0 Å². The molecule has 9 nitrogen and oxygen atoms in total. The predicted molar refractivity (Wildman–Crippen MR) is 115 cm³/mol. The molecular weight excluding hydrogens is 400 g/mol. The van der Waals surface area contributed by atoms with E-state index < -0.39 is 0 Å². The molecule has 1 aromatic heterocycles. The number of aryl methyl sites for hydroxylation is 1. The number of benzene rings is 2. The van der Waals surface area contributed by atoms with Gasteiger partial charge in [0, 0.05) is 37.8 Å². The number of aromatic nitrogens is 2. The Morgan fingerprint density at radius 3 is 2.74 bits per heavy atom. The second-order valence-corrected chi connectivity index (χ2v) is 7.35. The highest BCUT2D eigenvalue weighted by atomic mass is 16.7. The van der Waals surface area contributed by atoms with Crippen LogP contribution in [-0.2, 0) is 16.1 Å². The van der Waals surface area contributed by atoms with Crippen molar-refractivity contribution in [2.45, 2.75) is 13.0 Å². The minimum absolute atomic E-state index is 0.144. The van der Waals surface area contributed by atoms with Crippen LogP contribution in [0.2, 0.25) is 0 Å². The number of carbonyl (C=O) groups is 1. The normalized spacial score (nSPS) is 15.3. The minimum atomic E-state index is -0.198. The fourth-order valence-corrected chi connectivity index (χ4v) is 3.79. The summed E-state index contributed by atoms with van der Waals surface area (Å²) in [6.07, 6.45) is 0.144. The molecule has 3 aromatic rings. The summed E-state index contributed by atoms with van der Waals surface area (Å²) >= 11 is 0. The number of morpholine rings is 1. The third-order valence-electron chi connectivity index (χ3n) is 5.36. The van der Waals surface area contributed by atoms with Gasteiger partial charge in [-0.15, -0.1) is 0 Å². The number of hydrogen-bond acceptors (Lipinski definition) is 7. The molecule has 1 amide bonds. The summed E-state index contributed by atoms with van der Waals surface area (Å²) in [6.45, 7) is 2.78. The fourth-order valence-electron chi connectivity index (χ4n) is 3.79. The lowest BCUT2D eigenvalue weighted by molar-refractivity contribution is -0.116. The Balaban J connectivity index is 1.37. The lowest BCUT2D eigenvalue weighted by Gasteiger charge is -2.28. The molecule has 0 bridgehead atoms. The van der Waals surface area contributed by atoms with Crippen LogP contribution in [0, 0.1) is 0 Å². The molecule has 0 unspecified atom stereocenters. The first-order valence-corrected chi connectivity index (χ1v) is 10.2. The van der Waals surface area contributed by atoms with Gasteiger partial charge in [-0.1, -0.05) is 12.1 Å². The van der Waals surface area contributed by atoms with Crippen LogP contribution in [0.1, 0.15) is 6.42 Å². The van der Waals surface area contributed by atoms with E-state index >= 15 is 0 Å².